The van der Waals surface area contributed by atoms with Crippen molar-refractivity contribution in [3.05, 3.63) is 47.5 Å². The quantitative estimate of drug-likeness (QED) is 0.787. The van der Waals surface area contributed by atoms with Crippen molar-refractivity contribution < 1.29 is 22.7 Å². The molecule has 0 aliphatic carbocycles. The molecule has 0 radical (unpaired) electrons. The number of sulfonamides is 1. The molecule has 0 fully saturated rings. The van der Waals surface area contributed by atoms with Crippen molar-refractivity contribution in [1.82, 2.24) is 0 Å². The molecule has 2 aromatic rings. The van der Waals surface area contributed by atoms with Crippen molar-refractivity contribution in [3.8, 4) is 17.6 Å². The van der Waals surface area contributed by atoms with Crippen LogP contribution in [0.5, 0.6) is 11.5 Å². The molecular weight excluding hydrogens is 358 g/mol. The van der Waals surface area contributed by atoms with E-state index in [1.807, 2.05) is 6.07 Å². The van der Waals surface area contributed by atoms with Crippen LogP contribution in [-0.4, -0.2) is 28.0 Å². The molecule has 0 aromatic heterocycles. The van der Waals surface area contributed by atoms with E-state index in [0.717, 1.165) is 0 Å². The van der Waals surface area contributed by atoms with E-state index in [2.05, 4.69) is 5.32 Å². The Bertz CT molecular complexity index is 980. The minimum Gasteiger partial charge on any atom is -0.493 e. The molecule has 8 nitrogen and oxygen atoms in total. The van der Waals surface area contributed by atoms with E-state index in [0.29, 0.717) is 22.6 Å². The second kappa shape index (κ2) is 7.86. The lowest BCUT2D eigenvalue weighted by atomic mass is 10.2. The van der Waals surface area contributed by atoms with E-state index in [-0.39, 0.29) is 17.2 Å². The standard InChI is InChI=1S/C17H17N3O5S/c1-11-3-5-13(8-16(11)26(19,22)23)20-17(21)10-25-14-6-4-12(9-18)7-15(14)24-2/h3-8H,10H2,1-2H3,(H,20,21)(H2,19,22,23). The number of ether oxygens (including phenoxy) is 2. The van der Waals surface area contributed by atoms with E-state index in [1.54, 1.807) is 19.1 Å². The van der Waals surface area contributed by atoms with E-state index >= 15 is 0 Å². The summed E-state index contributed by atoms with van der Waals surface area (Å²) >= 11 is 0. The summed E-state index contributed by atoms with van der Waals surface area (Å²) in [5.41, 5.74) is 1.15. The maximum absolute atomic E-state index is 12.0. The molecule has 2 rings (SSSR count). The average Bonchev–Trinajstić information content (AvgIpc) is 2.60. The Balaban J connectivity index is 2.08. The summed E-state index contributed by atoms with van der Waals surface area (Å²) in [5.74, 6) is 0.125. The minimum absolute atomic E-state index is 0.0648. The summed E-state index contributed by atoms with van der Waals surface area (Å²) in [7, 11) is -2.47. The van der Waals surface area contributed by atoms with Crippen LogP contribution < -0.4 is 19.9 Å². The van der Waals surface area contributed by atoms with Crippen LogP contribution in [0.15, 0.2) is 41.3 Å². The van der Waals surface area contributed by atoms with Gasteiger partial charge in [0.15, 0.2) is 18.1 Å². The van der Waals surface area contributed by atoms with Gasteiger partial charge in [-0.15, -0.1) is 0 Å². The molecule has 0 bridgehead atoms. The topological polar surface area (TPSA) is 132 Å². The molecule has 2 aromatic carbocycles. The van der Waals surface area contributed by atoms with E-state index in [1.165, 1.54) is 31.4 Å². The smallest absolute Gasteiger partial charge is 0.262 e. The van der Waals surface area contributed by atoms with Crippen molar-refractivity contribution in [1.29, 1.82) is 5.26 Å². The predicted octanol–water partition coefficient (Wildman–Crippen LogP) is 1.54. The highest BCUT2D eigenvalue weighted by molar-refractivity contribution is 7.89. The normalized spacial score (nSPS) is 10.7. The number of primary sulfonamides is 1. The van der Waals surface area contributed by atoms with Gasteiger partial charge in [0.1, 0.15) is 0 Å². The Hall–Kier alpha value is -3.09. The number of carbonyl (C=O) groups is 1. The Labute approximate surface area is 151 Å². The molecule has 0 aliphatic rings. The number of anilines is 1. The fraction of sp³-hybridized carbons (Fsp3) is 0.176. The lowest BCUT2D eigenvalue weighted by Crippen LogP contribution is -2.21. The number of rotatable bonds is 6. The number of methoxy groups -OCH3 is 1. The van der Waals surface area contributed by atoms with Crippen LogP contribution in [-0.2, 0) is 14.8 Å². The summed E-state index contributed by atoms with van der Waals surface area (Å²) in [6, 6.07) is 10.9. The largest absolute Gasteiger partial charge is 0.493 e. The van der Waals surface area contributed by atoms with E-state index < -0.39 is 15.9 Å². The maximum atomic E-state index is 12.0. The number of nitriles is 1. The van der Waals surface area contributed by atoms with Gasteiger partial charge in [-0.05, 0) is 36.8 Å². The SMILES string of the molecule is COc1cc(C#N)ccc1OCC(=O)Nc1ccc(C)c(S(N)(=O)=O)c1. The van der Waals surface area contributed by atoms with Gasteiger partial charge in [-0.1, -0.05) is 6.07 Å². The number of benzene rings is 2. The van der Waals surface area contributed by atoms with Gasteiger partial charge in [0, 0.05) is 11.8 Å². The summed E-state index contributed by atoms with van der Waals surface area (Å²) in [6.45, 7) is 1.27. The van der Waals surface area contributed by atoms with Crippen LogP contribution in [0.1, 0.15) is 11.1 Å². The van der Waals surface area contributed by atoms with Gasteiger partial charge >= 0.3 is 0 Å². The van der Waals surface area contributed by atoms with Gasteiger partial charge < -0.3 is 14.8 Å². The molecular formula is C17H17N3O5S. The average molecular weight is 375 g/mol. The maximum Gasteiger partial charge on any atom is 0.262 e. The summed E-state index contributed by atoms with van der Waals surface area (Å²) in [4.78, 5) is 12.0. The number of amides is 1. The van der Waals surface area contributed by atoms with E-state index in [4.69, 9.17) is 19.9 Å². The first-order valence-corrected chi connectivity index (χ1v) is 8.93. The molecule has 3 N–H and O–H groups in total. The van der Waals surface area contributed by atoms with E-state index in [9.17, 15) is 13.2 Å². The molecule has 1 amide bonds. The van der Waals surface area contributed by atoms with Crippen molar-refractivity contribution in [3.63, 3.8) is 0 Å². The Kier molecular flexibility index (Phi) is 5.82. The highest BCUT2D eigenvalue weighted by Gasteiger charge is 2.14. The molecule has 136 valence electrons. The van der Waals surface area contributed by atoms with Gasteiger partial charge in [-0.3, -0.25) is 4.79 Å². The Morgan fingerprint density at radius 3 is 2.58 bits per heavy atom. The predicted molar refractivity (Wildman–Crippen MR) is 94.4 cm³/mol. The summed E-state index contributed by atoms with van der Waals surface area (Å²) in [5, 5.41) is 16.5. The molecule has 0 saturated carbocycles. The Morgan fingerprint density at radius 1 is 1.23 bits per heavy atom. The van der Waals surface area contributed by atoms with Crippen LogP contribution in [0, 0.1) is 18.3 Å². The molecule has 0 saturated heterocycles. The molecule has 0 aliphatic heterocycles. The number of carbonyl (C=O) groups excluding carboxylic acids is 1. The van der Waals surface area contributed by atoms with Crippen molar-refractivity contribution in [2.24, 2.45) is 5.14 Å². The van der Waals surface area contributed by atoms with Gasteiger partial charge in [-0.25, -0.2) is 13.6 Å². The molecule has 26 heavy (non-hydrogen) atoms. The minimum atomic E-state index is -3.89. The highest BCUT2D eigenvalue weighted by atomic mass is 32.2. The molecule has 9 heteroatoms. The van der Waals surface area contributed by atoms with Gasteiger partial charge in [0.05, 0.1) is 23.6 Å². The lowest BCUT2D eigenvalue weighted by Gasteiger charge is -2.12. The number of aryl methyl sites for hydroxylation is 1. The molecule has 0 spiro atoms. The number of nitrogens with zero attached hydrogens (tertiary/aromatic N) is 1. The first-order valence-electron chi connectivity index (χ1n) is 7.39. The summed E-state index contributed by atoms with van der Waals surface area (Å²) < 4.78 is 33.6. The zero-order chi connectivity index (χ0) is 19.3. The van der Waals surface area contributed by atoms with Crippen molar-refractivity contribution in [2.75, 3.05) is 19.0 Å². The first-order chi connectivity index (χ1) is 12.2. The third-order valence-corrected chi connectivity index (χ3v) is 4.48. The fourth-order valence-corrected chi connectivity index (χ4v) is 2.99. The Morgan fingerprint density at radius 2 is 1.96 bits per heavy atom. The van der Waals surface area contributed by atoms with Crippen molar-refractivity contribution in [2.45, 2.75) is 11.8 Å². The number of nitrogens with two attached hydrogens (primary N) is 1. The zero-order valence-corrected chi connectivity index (χ0v) is 15.0. The number of hydrogen-bond acceptors (Lipinski definition) is 6. The van der Waals surface area contributed by atoms with Gasteiger partial charge in [-0.2, -0.15) is 5.26 Å². The highest BCUT2D eigenvalue weighted by Crippen LogP contribution is 2.27. The zero-order valence-electron chi connectivity index (χ0n) is 14.1. The summed E-state index contributed by atoms with van der Waals surface area (Å²) in [6.07, 6.45) is 0. The van der Waals surface area contributed by atoms with Crippen LogP contribution in [0.3, 0.4) is 0 Å². The number of nitrogens with one attached hydrogen (secondary N) is 1. The molecule has 0 unspecified atom stereocenters. The molecule has 0 atom stereocenters. The number of hydrogen-bond donors (Lipinski definition) is 2. The second-order valence-corrected chi connectivity index (χ2v) is 6.87. The molecule has 0 heterocycles. The van der Waals surface area contributed by atoms with Crippen LogP contribution in [0.25, 0.3) is 0 Å². The second-order valence-electron chi connectivity index (χ2n) is 5.34. The van der Waals surface area contributed by atoms with Crippen LogP contribution >= 0.6 is 0 Å². The fourth-order valence-electron chi connectivity index (χ4n) is 2.18. The third-order valence-electron chi connectivity index (χ3n) is 3.43. The van der Waals surface area contributed by atoms with Crippen molar-refractivity contribution >= 4 is 21.6 Å². The van der Waals surface area contributed by atoms with Gasteiger partial charge in [0.2, 0.25) is 10.0 Å². The van der Waals surface area contributed by atoms with Crippen LogP contribution in [0.4, 0.5) is 5.69 Å². The third kappa shape index (κ3) is 4.72. The first kappa shape index (κ1) is 19.2. The van der Waals surface area contributed by atoms with Crippen LogP contribution in [0.2, 0.25) is 0 Å². The lowest BCUT2D eigenvalue weighted by molar-refractivity contribution is -0.118. The van der Waals surface area contributed by atoms with Gasteiger partial charge in [0.25, 0.3) is 5.91 Å². The monoisotopic (exact) mass is 375 g/mol.